The maximum absolute atomic E-state index is 13.7. The summed E-state index contributed by atoms with van der Waals surface area (Å²) in [6.45, 7) is 1.90. The Morgan fingerprint density at radius 1 is 1.25 bits per heavy atom. The van der Waals surface area contributed by atoms with Crippen LogP contribution < -0.4 is 0 Å². The van der Waals surface area contributed by atoms with E-state index in [0.717, 1.165) is 6.07 Å². The molecule has 2 aromatic rings. The largest absolute Gasteiger partial charge is 0.472 e. The number of aromatic nitrogens is 1. The Kier molecular flexibility index (Phi) is 9.43. The number of hydrogen-bond acceptors (Lipinski definition) is 5. The number of nitrogens with zero attached hydrogens (tertiary/aromatic N) is 3. The Morgan fingerprint density at radius 3 is 2.59 bits per heavy atom. The Hall–Kier alpha value is -2.68. The molecule has 1 N–H and O–H groups in total. The van der Waals surface area contributed by atoms with Gasteiger partial charge < -0.3 is 14.4 Å². The first-order valence-corrected chi connectivity index (χ1v) is 10.7. The van der Waals surface area contributed by atoms with Crippen LogP contribution in [0.5, 0.6) is 0 Å². The highest BCUT2D eigenvalue weighted by Gasteiger charge is 2.35. The number of aliphatic hydroxyl groups is 1. The molecule has 1 amide bonds. The summed E-state index contributed by atoms with van der Waals surface area (Å²) in [6, 6.07) is 2.57. The zero-order valence-electron chi connectivity index (χ0n) is 18.7. The molecule has 0 fully saturated rings. The first-order chi connectivity index (χ1) is 15.1. The first-order valence-electron chi connectivity index (χ1n) is 10.7. The highest BCUT2D eigenvalue weighted by atomic mass is 19.4. The number of carbonyl (C=O) groups is 1. The Labute approximate surface area is 186 Å². The average molecular weight is 454 g/mol. The lowest BCUT2D eigenvalue weighted by molar-refractivity contribution is -0.137. The molecule has 0 aliphatic carbocycles. The molecular weight excluding hydrogens is 423 g/mol. The predicted octanol–water partition coefficient (Wildman–Crippen LogP) is 5.63. The van der Waals surface area contributed by atoms with Gasteiger partial charge in [-0.15, -0.1) is 0 Å². The average Bonchev–Trinajstić information content (AvgIpc) is 3.25. The van der Waals surface area contributed by atoms with Gasteiger partial charge in [0, 0.05) is 50.0 Å². The van der Waals surface area contributed by atoms with Crippen molar-refractivity contribution in [3.05, 3.63) is 36.4 Å². The van der Waals surface area contributed by atoms with E-state index < -0.39 is 23.7 Å². The maximum Gasteiger partial charge on any atom is 0.420 e. The molecule has 2 heterocycles. The van der Waals surface area contributed by atoms with Crippen LogP contribution in [-0.4, -0.2) is 46.8 Å². The zero-order chi connectivity index (χ0) is 23.7. The molecule has 0 saturated heterocycles. The molecule has 1 unspecified atom stereocenters. The monoisotopic (exact) mass is 453 g/mol. The van der Waals surface area contributed by atoms with E-state index in [9.17, 15) is 23.1 Å². The first kappa shape index (κ1) is 25.6. The number of aliphatic hydroxyl groups excluding tert-OH is 1. The third-order valence-corrected chi connectivity index (χ3v) is 4.98. The number of unbranched alkanes of at least 4 members (excludes halogenated alkanes) is 1. The van der Waals surface area contributed by atoms with Crippen LogP contribution in [0.3, 0.4) is 0 Å². The second kappa shape index (κ2) is 11.8. The third-order valence-electron chi connectivity index (χ3n) is 4.98. The second-order valence-corrected chi connectivity index (χ2v) is 7.92. The van der Waals surface area contributed by atoms with Crippen LogP contribution in [-0.2, 0) is 11.0 Å². The summed E-state index contributed by atoms with van der Waals surface area (Å²) in [4.78, 5) is 21.3. The van der Waals surface area contributed by atoms with Gasteiger partial charge in [0.05, 0.1) is 18.6 Å². The van der Waals surface area contributed by atoms with E-state index >= 15 is 0 Å². The molecule has 0 bridgehead atoms. The highest BCUT2D eigenvalue weighted by molar-refractivity contribution is 5.87. The van der Waals surface area contributed by atoms with E-state index in [1.54, 1.807) is 20.2 Å². The smallest absolute Gasteiger partial charge is 0.420 e. The van der Waals surface area contributed by atoms with Crippen molar-refractivity contribution in [2.24, 2.45) is 4.99 Å². The van der Waals surface area contributed by atoms with E-state index in [-0.39, 0.29) is 17.9 Å². The summed E-state index contributed by atoms with van der Waals surface area (Å²) in [5.74, 6) is -0.380. The number of halogens is 3. The molecule has 0 aromatic carbocycles. The van der Waals surface area contributed by atoms with E-state index in [1.165, 1.54) is 23.6 Å². The zero-order valence-corrected chi connectivity index (χ0v) is 18.7. The minimum absolute atomic E-state index is 0.0253. The summed E-state index contributed by atoms with van der Waals surface area (Å²) in [6.07, 6.45) is 2.13. The predicted molar refractivity (Wildman–Crippen MR) is 117 cm³/mol. The fourth-order valence-electron chi connectivity index (χ4n) is 3.24. The lowest BCUT2D eigenvalue weighted by Gasteiger charge is -2.15. The van der Waals surface area contributed by atoms with Crippen LogP contribution in [0, 0.1) is 0 Å². The minimum atomic E-state index is -4.62. The maximum atomic E-state index is 13.7. The van der Waals surface area contributed by atoms with Gasteiger partial charge in [-0.3, -0.25) is 4.79 Å². The van der Waals surface area contributed by atoms with Crippen molar-refractivity contribution in [2.45, 2.75) is 64.1 Å². The van der Waals surface area contributed by atoms with Gasteiger partial charge in [0.25, 0.3) is 0 Å². The molecular formula is C23H30F3N3O3. The topological polar surface area (TPSA) is 78.9 Å². The molecule has 0 saturated carbocycles. The van der Waals surface area contributed by atoms with Crippen molar-refractivity contribution in [1.29, 1.82) is 0 Å². The fraction of sp³-hybridized carbons (Fsp3) is 0.522. The number of aliphatic imine (C=N–C) groups is 1. The Morgan fingerprint density at radius 2 is 2.00 bits per heavy atom. The Balaban J connectivity index is 2.14. The third kappa shape index (κ3) is 7.78. The van der Waals surface area contributed by atoms with Crippen LogP contribution >= 0.6 is 0 Å². The van der Waals surface area contributed by atoms with Gasteiger partial charge in [-0.1, -0.05) is 19.8 Å². The van der Waals surface area contributed by atoms with Gasteiger partial charge in [0.1, 0.15) is 5.56 Å². The van der Waals surface area contributed by atoms with Crippen LogP contribution in [0.2, 0.25) is 0 Å². The number of amides is 1. The van der Waals surface area contributed by atoms with Crippen molar-refractivity contribution in [2.75, 3.05) is 14.1 Å². The van der Waals surface area contributed by atoms with Crippen LogP contribution in [0.1, 0.15) is 57.4 Å². The standard InChI is InChI=1S/C23H30F3N3O3/c1-4-7-18(13-19(30)8-5-6-9-21(31)29(2)3)28-22-20(23(24,25)26)12-17(14-27-22)16-10-11-32-15-16/h10-12,14-15,19,30H,4-9,13H2,1-3H3. The van der Waals surface area contributed by atoms with Crippen molar-refractivity contribution < 1.29 is 27.5 Å². The van der Waals surface area contributed by atoms with Gasteiger partial charge >= 0.3 is 6.18 Å². The van der Waals surface area contributed by atoms with E-state index in [4.69, 9.17) is 4.42 Å². The number of furan rings is 1. The fourth-order valence-corrected chi connectivity index (χ4v) is 3.24. The van der Waals surface area contributed by atoms with E-state index in [1.807, 2.05) is 6.92 Å². The summed E-state index contributed by atoms with van der Waals surface area (Å²) < 4.78 is 46.0. The van der Waals surface area contributed by atoms with Gasteiger partial charge in [0.15, 0.2) is 5.82 Å². The summed E-state index contributed by atoms with van der Waals surface area (Å²) in [5, 5.41) is 10.4. The van der Waals surface area contributed by atoms with Crippen LogP contribution in [0.4, 0.5) is 19.0 Å². The molecule has 2 rings (SSSR count). The second-order valence-electron chi connectivity index (χ2n) is 7.92. The lowest BCUT2D eigenvalue weighted by Crippen LogP contribution is -2.21. The molecule has 0 spiro atoms. The molecule has 2 aromatic heterocycles. The summed E-state index contributed by atoms with van der Waals surface area (Å²) >= 11 is 0. The number of rotatable bonds is 11. The number of hydrogen-bond donors (Lipinski definition) is 1. The quantitative estimate of drug-likeness (QED) is 0.353. The van der Waals surface area contributed by atoms with Gasteiger partial charge in [-0.05, 0) is 31.4 Å². The number of carbonyl (C=O) groups excluding carboxylic acids is 1. The minimum Gasteiger partial charge on any atom is -0.472 e. The van der Waals surface area contributed by atoms with E-state index in [2.05, 4.69) is 9.98 Å². The number of pyridine rings is 1. The van der Waals surface area contributed by atoms with Crippen LogP contribution in [0.25, 0.3) is 11.1 Å². The number of alkyl halides is 3. The van der Waals surface area contributed by atoms with Crippen molar-refractivity contribution in [1.82, 2.24) is 9.88 Å². The van der Waals surface area contributed by atoms with E-state index in [0.29, 0.717) is 49.8 Å². The molecule has 0 radical (unpaired) electrons. The van der Waals surface area contributed by atoms with Crippen molar-refractivity contribution in [3.8, 4) is 11.1 Å². The molecule has 6 nitrogen and oxygen atoms in total. The molecule has 0 aliphatic heterocycles. The van der Waals surface area contributed by atoms with Gasteiger partial charge in [0.2, 0.25) is 5.91 Å². The SMILES string of the molecule is CCCC(CC(O)CCCCC(=O)N(C)C)=Nc1ncc(-c2ccoc2)cc1C(F)(F)F. The lowest BCUT2D eigenvalue weighted by atomic mass is 10.0. The van der Waals surface area contributed by atoms with Gasteiger partial charge in [-0.2, -0.15) is 13.2 Å². The summed E-state index contributed by atoms with van der Waals surface area (Å²) in [7, 11) is 3.38. The molecule has 0 aliphatic rings. The van der Waals surface area contributed by atoms with Crippen molar-refractivity contribution in [3.63, 3.8) is 0 Å². The highest BCUT2D eigenvalue weighted by Crippen LogP contribution is 2.38. The van der Waals surface area contributed by atoms with Crippen molar-refractivity contribution >= 4 is 17.4 Å². The molecule has 176 valence electrons. The van der Waals surface area contributed by atoms with Crippen LogP contribution in [0.15, 0.2) is 40.3 Å². The Bertz CT molecular complexity index is 894. The van der Waals surface area contributed by atoms with Gasteiger partial charge in [-0.25, -0.2) is 9.98 Å². The molecule has 9 heteroatoms. The normalized spacial score (nSPS) is 13.3. The molecule has 1 atom stereocenters. The molecule has 32 heavy (non-hydrogen) atoms. The summed E-state index contributed by atoms with van der Waals surface area (Å²) in [5.41, 5.74) is 0.324.